The molecule has 21 heavy (non-hydrogen) atoms. The number of thiazole rings is 1. The minimum atomic E-state index is 0.191. The largest absolute Gasteiger partial charge is 0.491 e. The zero-order chi connectivity index (χ0) is 14.8. The zero-order valence-electron chi connectivity index (χ0n) is 12.4. The van der Waals surface area contributed by atoms with Crippen LogP contribution in [0.5, 0.6) is 5.75 Å². The van der Waals surface area contributed by atoms with E-state index in [1.54, 1.807) is 11.3 Å². The molecule has 2 aromatic carbocycles. The second kappa shape index (κ2) is 5.74. The highest BCUT2D eigenvalue weighted by Gasteiger charge is 2.04. The van der Waals surface area contributed by atoms with Crippen LogP contribution < -0.4 is 10.1 Å². The minimum absolute atomic E-state index is 0.191. The number of nitrogens with one attached hydrogen (secondary N) is 1. The number of ether oxygens (including phenoxy) is 1. The van der Waals surface area contributed by atoms with Crippen molar-refractivity contribution in [2.75, 3.05) is 5.32 Å². The van der Waals surface area contributed by atoms with E-state index in [-0.39, 0.29) is 6.10 Å². The van der Waals surface area contributed by atoms with E-state index in [1.807, 2.05) is 38.1 Å². The Hall–Kier alpha value is -2.07. The second-order valence-electron chi connectivity index (χ2n) is 5.31. The fourth-order valence-electron chi connectivity index (χ4n) is 2.10. The summed E-state index contributed by atoms with van der Waals surface area (Å²) in [6.45, 7) is 6.14. The molecule has 0 saturated carbocycles. The molecule has 0 aliphatic carbocycles. The number of nitrogens with zero attached hydrogens (tertiary/aromatic N) is 1. The number of anilines is 2. The molecule has 1 N–H and O–H groups in total. The summed E-state index contributed by atoms with van der Waals surface area (Å²) in [4.78, 5) is 4.60. The summed E-state index contributed by atoms with van der Waals surface area (Å²) in [5, 5.41) is 4.26. The van der Waals surface area contributed by atoms with E-state index in [4.69, 9.17) is 4.74 Å². The van der Waals surface area contributed by atoms with Gasteiger partial charge in [-0.3, -0.25) is 0 Å². The molecule has 0 atom stereocenters. The van der Waals surface area contributed by atoms with Crippen molar-refractivity contribution in [2.45, 2.75) is 26.9 Å². The highest BCUT2D eigenvalue weighted by Crippen LogP contribution is 2.29. The first-order chi connectivity index (χ1) is 10.1. The first kappa shape index (κ1) is 13.9. The molecule has 0 bridgehead atoms. The molecule has 0 fully saturated rings. The first-order valence-electron chi connectivity index (χ1n) is 7.01. The summed E-state index contributed by atoms with van der Waals surface area (Å²) in [6.07, 6.45) is 0.191. The van der Waals surface area contributed by atoms with Gasteiger partial charge in [-0.1, -0.05) is 17.4 Å². The van der Waals surface area contributed by atoms with Crippen LogP contribution in [0.15, 0.2) is 42.5 Å². The number of aromatic nitrogens is 1. The Labute approximate surface area is 128 Å². The lowest BCUT2D eigenvalue weighted by atomic mass is 10.2. The summed E-state index contributed by atoms with van der Waals surface area (Å²) < 4.78 is 6.85. The van der Waals surface area contributed by atoms with Crippen molar-refractivity contribution in [3.63, 3.8) is 0 Å². The van der Waals surface area contributed by atoms with Crippen molar-refractivity contribution in [3.8, 4) is 5.75 Å². The predicted octanol–water partition coefficient (Wildman–Crippen LogP) is 5.14. The average Bonchev–Trinajstić information content (AvgIpc) is 2.82. The number of hydrogen-bond acceptors (Lipinski definition) is 4. The Morgan fingerprint density at radius 3 is 2.57 bits per heavy atom. The molecule has 3 rings (SSSR count). The van der Waals surface area contributed by atoms with Crippen LogP contribution in [-0.4, -0.2) is 11.1 Å². The van der Waals surface area contributed by atoms with Crippen LogP contribution >= 0.6 is 11.3 Å². The second-order valence-corrected chi connectivity index (χ2v) is 6.34. The number of aryl methyl sites for hydroxylation is 1. The van der Waals surface area contributed by atoms with Gasteiger partial charge in [0, 0.05) is 5.69 Å². The van der Waals surface area contributed by atoms with Crippen LogP contribution in [-0.2, 0) is 0 Å². The molecule has 1 heterocycles. The third-order valence-electron chi connectivity index (χ3n) is 3.02. The fourth-order valence-corrected chi connectivity index (χ4v) is 3.08. The van der Waals surface area contributed by atoms with Crippen molar-refractivity contribution < 1.29 is 4.74 Å². The number of fused-ring (bicyclic) bond motifs is 1. The van der Waals surface area contributed by atoms with Crippen molar-refractivity contribution in [3.05, 3.63) is 48.0 Å². The minimum Gasteiger partial charge on any atom is -0.491 e. The Kier molecular flexibility index (Phi) is 3.80. The zero-order valence-corrected chi connectivity index (χ0v) is 13.2. The number of hydrogen-bond donors (Lipinski definition) is 1. The number of rotatable bonds is 4. The van der Waals surface area contributed by atoms with E-state index in [1.165, 1.54) is 10.3 Å². The topological polar surface area (TPSA) is 34.2 Å². The van der Waals surface area contributed by atoms with Crippen LogP contribution in [0.25, 0.3) is 10.2 Å². The van der Waals surface area contributed by atoms with Crippen molar-refractivity contribution in [2.24, 2.45) is 0 Å². The van der Waals surface area contributed by atoms with Gasteiger partial charge in [-0.15, -0.1) is 0 Å². The molecule has 0 amide bonds. The van der Waals surface area contributed by atoms with Crippen LogP contribution in [0, 0.1) is 6.92 Å². The van der Waals surface area contributed by atoms with Crippen LogP contribution in [0.2, 0.25) is 0 Å². The van der Waals surface area contributed by atoms with Gasteiger partial charge in [0.1, 0.15) is 5.75 Å². The van der Waals surface area contributed by atoms with Gasteiger partial charge in [0.15, 0.2) is 5.13 Å². The molecule has 0 aliphatic rings. The fraction of sp³-hybridized carbons (Fsp3) is 0.235. The molecule has 0 radical (unpaired) electrons. The van der Waals surface area contributed by atoms with Crippen LogP contribution in [0.3, 0.4) is 0 Å². The van der Waals surface area contributed by atoms with Gasteiger partial charge in [-0.2, -0.15) is 0 Å². The molecule has 0 spiro atoms. The van der Waals surface area contributed by atoms with Gasteiger partial charge >= 0.3 is 0 Å². The third-order valence-corrected chi connectivity index (χ3v) is 3.95. The van der Waals surface area contributed by atoms with Gasteiger partial charge in [-0.25, -0.2) is 4.98 Å². The average molecular weight is 298 g/mol. The highest BCUT2D eigenvalue weighted by atomic mass is 32.1. The predicted molar refractivity (Wildman–Crippen MR) is 89.8 cm³/mol. The maximum absolute atomic E-state index is 5.64. The summed E-state index contributed by atoms with van der Waals surface area (Å²) in [5.74, 6) is 0.885. The van der Waals surface area contributed by atoms with Gasteiger partial charge in [0.05, 0.1) is 16.3 Å². The summed E-state index contributed by atoms with van der Waals surface area (Å²) >= 11 is 1.67. The first-order valence-corrected chi connectivity index (χ1v) is 7.83. The lowest BCUT2D eigenvalue weighted by Crippen LogP contribution is -2.05. The van der Waals surface area contributed by atoms with E-state index in [2.05, 4.69) is 35.4 Å². The SMILES string of the molecule is Cc1ccc2nc(Nc3ccc(OC(C)C)cc3)sc2c1. The van der Waals surface area contributed by atoms with Gasteiger partial charge < -0.3 is 10.1 Å². The molecular formula is C17H18N2OS. The third kappa shape index (κ3) is 3.34. The molecule has 0 unspecified atom stereocenters. The van der Waals surface area contributed by atoms with Crippen LogP contribution in [0.4, 0.5) is 10.8 Å². The van der Waals surface area contributed by atoms with E-state index in [0.717, 1.165) is 22.1 Å². The maximum Gasteiger partial charge on any atom is 0.188 e. The Morgan fingerprint density at radius 1 is 1.10 bits per heavy atom. The highest BCUT2D eigenvalue weighted by molar-refractivity contribution is 7.22. The molecular weight excluding hydrogens is 280 g/mol. The monoisotopic (exact) mass is 298 g/mol. The van der Waals surface area contributed by atoms with Gasteiger partial charge in [-0.05, 0) is 62.7 Å². The molecule has 4 heteroatoms. The molecule has 0 aliphatic heterocycles. The summed E-state index contributed by atoms with van der Waals surface area (Å²) in [7, 11) is 0. The van der Waals surface area contributed by atoms with Gasteiger partial charge in [0.2, 0.25) is 0 Å². The van der Waals surface area contributed by atoms with E-state index < -0.39 is 0 Å². The van der Waals surface area contributed by atoms with Gasteiger partial charge in [0.25, 0.3) is 0 Å². The summed E-state index contributed by atoms with van der Waals surface area (Å²) in [5.41, 5.74) is 3.31. The quantitative estimate of drug-likeness (QED) is 0.724. The lowest BCUT2D eigenvalue weighted by Gasteiger charge is -2.10. The lowest BCUT2D eigenvalue weighted by molar-refractivity contribution is 0.242. The normalized spacial score (nSPS) is 11.0. The maximum atomic E-state index is 5.64. The summed E-state index contributed by atoms with van der Waals surface area (Å²) in [6, 6.07) is 14.3. The molecule has 3 aromatic rings. The van der Waals surface area contributed by atoms with Crippen molar-refractivity contribution >= 4 is 32.4 Å². The Bertz CT molecular complexity index is 747. The number of benzene rings is 2. The molecule has 0 saturated heterocycles. The Balaban J connectivity index is 1.78. The standard InChI is InChI=1S/C17H18N2OS/c1-11(2)20-14-7-5-13(6-8-14)18-17-19-15-9-4-12(3)10-16(15)21-17/h4-11H,1-3H3,(H,18,19). The van der Waals surface area contributed by atoms with Crippen molar-refractivity contribution in [1.29, 1.82) is 0 Å². The molecule has 1 aromatic heterocycles. The smallest absolute Gasteiger partial charge is 0.188 e. The molecule has 3 nitrogen and oxygen atoms in total. The molecule has 108 valence electrons. The van der Waals surface area contributed by atoms with E-state index >= 15 is 0 Å². The van der Waals surface area contributed by atoms with E-state index in [0.29, 0.717) is 0 Å². The van der Waals surface area contributed by atoms with Crippen LogP contribution in [0.1, 0.15) is 19.4 Å². The Morgan fingerprint density at radius 2 is 1.86 bits per heavy atom. The van der Waals surface area contributed by atoms with E-state index in [9.17, 15) is 0 Å². The van der Waals surface area contributed by atoms with Crippen molar-refractivity contribution in [1.82, 2.24) is 4.98 Å².